The highest BCUT2D eigenvalue weighted by Gasteiger charge is 2.49. The van der Waals surface area contributed by atoms with Crippen molar-refractivity contribution in [1.82, 2.24) is 17.5 Å². The number of benzene rings is 3. The molecular formula is C48H64Br2N4S2. The summed E-state index contributed by atoms with van der Waals surface area (Å²) < 4.78 is 22.2. The van der Waals surface area contributed by atoms with Crippen LogP contribution in [-0.2, 0) is 10.8 Å². The van der Waals surface area contributed by atoms with E-state index in [9.17, 15) is 0 Å². The Bertz CT molecular complexity index is 1910. The third-order valence-electron chi connectivity index (χ3n) is 13.6. The van der Waals surface area contributed by atoms with Crippen LogP contribution in [0, 0.1) is 0 Å². The second kappa shape index (κ2) is 19.5. The predicted molar refractivity (Wildman–Crippen MR) is 250 cm³/mol. The van der Waals surface area contributed by atoms with Crippen LogP contribution in [0.2, 0.25) is 0 Å². The van der Waals surface area contributed by atoms with Crippen molar-refractivity contribution in [3.8, 4) is 22.3 Å². The summed E-state index contributed by atoms with van der Waals surface area (Å²) in [6.45, 7) is 9.31. The SMILES string of the molecule is CCCCCCCC1(CCCCCCC)c2cc3c(cc2-c2c1cc(Br)c1nsnc21)C(CCCCCCC)(CCCCCCC)c1cc(Br)c2nsnc2c1-3. The minimum absolute atomic E-state index is 0.0566. The van der Waals surface area contributed by atoms with E-state index < -0.39 is 0 Å². The molecule has 2 aliphatic rings. The smallest absolute Gasteiger partial charge is 0.119 e. The van der Waals surface area contributed by atoms with Crippen molar-refractivity contribution in [2.75, 3.05) is 0 Å². The summed E-state index contributed by atoms with van der Waals surface area (Å²) in [6, 6.07) is 10.4. The zero-order valence-corrected chi connectivity index (χ0v) is 39.4. The number of halogens is 2. The van der Waals surface area contributed by atoms with Gasteiger partial charge in [-0.05, 0) is 115 Å². The Labute approximate surface area is 362 Å². The van der Waals surface area contributed by atoms with E-state index in [1.54, 1.807) is 0 Å². The number of fused-ring (bicyclic) bond motifs is 10. The normalized spacial score (nSPS) is 14.8. The molecule has 0 atom stereocenters. The molecule has 0 radical (unpaired) electrons. The van der Waals surface area contributed by atoms with Crippen molar-refractivity contribution in [2.24, 2.45) is 0 Å². The van der Waals surface area contributed by atoms with Crippen molar-refractivity contribution < 1.29 is 0 Å². The average molecular weight is 921 g/mol. The highest BCUT2D eigenvalue weighted by atomic mass is 79.9. The van der Waals surface area contributed by atoms with Gasteiger partial charge in [0.25, 0.3) is 0 Å². The summed E-state index contributed by atoms with van der Waals surface area (Å²) in [4.78, 5) is 0. The van der Waals surface area contributed by atoms with Gasteiger partial charge >= 0.3 is 0 Å². The molecule has 0 saturated heterocycles. The van der Waals surface area contributed by atoms with Gasteiger partial charge in [0.1, 0.15) is 22.1 Å². The lowest BCUT2D eigenvalue weighted by Crippen LogP contribution is -2.27. The summed E-state index contributed by atoms with van der Waals surface area (Å²) in [7, 11) is 0. The molecule has 2 aromatic heterocycles. The molecule has 302 valence electrons. The van der Waals surface area contributed by atoms with Crippen molar-refractivity contribution in [3.05, 3.63) is 55.5 Å². The van der Waals surface area contributed by atoms with E-state index in [1.807, 2.05) is 0 Å². The molecule has 4 nitrogen and oxygen atoms in total. The lowest BCUT2D eigenvalue weighted by atomic mass is 9.68. The molecule has 3 aromatic carbocycles. The molecule has 0 fully saturated rings. The summed E-state index contributed by atoms with van der Waals surface area (Å²) in [5, 5.41) is 0. The van der Waals surface area contributed by atoms with Gasteiger partial charge in [0, 0.05) is 30.9 Å². The van der Waals surface area contributed by atoms with Crippen molar-refractivity contribution in [1.29, 1.82) is 0 Å². The zero-order chi connectivity index (χ0) is 39.1. The van der Waals surface area contributed by atoms with Crippen LogP contribution in [-0.4, -0.2) is 17.5 Å². The third kappa shape index (κ3) is 8.09. The molecule has 7 rings (SSSR count). The van der Waals surface area contributed by atoms with E-state index >= 15 is 0 Å². The third-order valence-corrected chi connectivity index (χ3v) is 15.8. The maximum atomic E-state index is 5.11. The number of rotatable bonds is 24. The monoisotopic (exact) mass is 918 g/mol. The van der Waals surface area contributed by atoms with Crippen molar-refractivity contribution in [3.63, 3.8) is 0 Å². The molecule has 2 heterocycles. The molecule has 2 aliphatic carbocycles. The molecule has 0 amide bonds. The van der Waals surface area contributed by atoms with Gasteiger partial charge in [-0.25, -0.2) is 0 Å². The quantitative estimate of drug-likeness (QED) is 0.0579. The lowest BCUT2D eigenvalue weighted by molar-refractivity contribution is 0.395. The maximum absolute atomic E-state index is 5.11. The summed E-state index contributed by atoms with van der Waals surface area (Å²) in [6.07, 6.45) is 30.6. The van der Waals surface area contributed by atoms with Crippen LogP contribution in [0.15, 0.2) is 33.2 Å². The van der Waals surface area contributed by atoms with Crippen LogP contribution < -0.4 is 0 Å². The summed E-state index contributed by atoms with van der Waals surface area (Å²) in [5.74, 6) is 0. The van der Waals surface area contributed by atoms with E-state index in [4.69, 9.17) is 17.5 Å². The number of nitrogens with zero attached hydrogens (tertiary/aromatic N) is 4. The Kier molecular flexibility index (Phi) is 14.8. The Morgan fingerprint density at radius 3 is 1.02 bits per heavy atom. The number of hydrogen-bond acceptors (Lipinski definition) is 6. The van der Waals surface area contributed by atoms with E-state index in [2.05, 4.69) is 83.8 Å². The minimum Gasteiger partial charge on any atom is -0.172 e. The van der Waals surface area contributed by atoms with Gasteiger partial charge in [-0.15, -0.1) is 0 Å². The van der Waals surface area contributed by atoms with Crippen LogP contribution in [0.4, 0.5) is 0 Å². The standard InChI is InChI=1S/C48H64Br2N4S2/c1-5-9-13-17-21-25-47(26-22-18-14-10-6-2)35-29-34-36(30-33(35)41-37(47)31-39(49)43-45(41)53-55-51-43)48(27-23-19-15-11-7-3,28-24-20-16-12-8-4)38-32-40(50)44-46(42(34)38)54-56-52-44/h29-32H,5-28H2,1-4H3. The van der Waals surface area contributed by atoms with E-state index in [-0.39, 0.29) is 10.8 Å². The first-order chi connectivity index (χ1) is 27.5. The first kappa shape index (κ1) is 42.4. The largest absolute Gasteiger partial charge is 0.172 e. The van der Waals surface area contributed by atoms with E-state index in [1.165, 1.54) is 222 Å². The highest BCUT2D eigenvalue weighted by molar-refractivity contribution is 9.11. The topological polar surface area (TPSA) is 51.6 Å². The second-order valence-corrected chi connectivity index (χ2v) is 20.0. The van der Waals surface area contributed by atoms with Crippen LogP contribution in [0.25, 0.3) is 44.3 Å². The fourth-order valence-corrected chi connectivity index (χ4v) is 13.0. The van der Waals surface area contributed by atoms with Gasteiger partial charge in [-0.1, -0.05) is 156 Å². The summed E-state index contributed by atoms with van der Waals surface area (Å²) in [5.41, 5.74) is 15.8. The molecule has 0 N–H and O–H groups in total. The Hall–Kier alpha value is -1.74. The Balaban J connectivity index is 1.46. The molecule has 0 bridgehead atoms. The Morgan fingerprint density at radius 1 is 0.393 bits per heavy atom. The van der Waals surface area contributed by atoms with Crippen LogP contribution in [0.1, 0.15) is 204 Å². The van der Waals surface area contributed by atoms with Crippen LogP contribution >= 0.6 is 55.3 Å². The van der Waals surface area contributed by atoms with Crippen molar-refractivity contribution in [2.45, 2.75) is 193 Å². The zero-order valence-electron chi connectivity index (χ0n) is 34.6. The molecule has 0 saturated carbocycles. The van der Waals surface area contributed by atoms with E-state index in [0.717, 1.165) is 31.0 Å². The second-order valence-electron chi connectivity index (χ2n) is 17.2. The van der Waals surface area contributed by atoms with Gasteiger partial charge in [0.2, 0.25) is 0 Å². The highest BCUT2D eigenvalue weighted by Crippen LogP contribution is 2.63. The maximum Gasteiger partial charge on any atom is 0.119 e. The minimum atomic E-state index is -0.0566. The van der Waals surface area contributed by atoms with Gasteiger partial charge in [0.15, 0.2) is 0 Å². The molecular weight excluding hydrogens is 856 g/mol. The van der Waals surface area contributed by atoms with Gasteiger partial charge < -0.3 is 0 Å². The van der Waals surface area contributed by atoms with Gasteiger partial charge in [0.05, 0.1) is 23.5 Å². The average Bonchev–Trinajstić information content (AvgIpc) is 3.99. The fraction of sp³-hybridized carbons (Fsp3) is 0.625. The lowest BCUT2D eigenvalue weighted by Gasteiger charge is -2.35. The van der Waals surface area contributed by atoms with Gasteiger partial charge in [-0.3, -0.25) is 0 Å². The van der Waals surface area contributed by atoms with Gasteiger partial charge in [-0.2, -0.15) is 17.5 Å². The van der Waals surface area contributed by atoms with E-state index in [0.29, 0.717) is 0 Å². The molecule has 0 spiro atoms. The molecule has 56 heavy (non-hydrogen) atoms. The number of aromatic nitrogens is 4. The number of unbranched alkanes of at least 4 members (excludes halogenated alkanes) is 16. The van der Waals surface area contributed by atoms with Crippen molar-refractivity contribution >= 4 is 77.4 Å². The first-order valence-corrected chi connectivity index (χ1v) is 25.6. The number of hydrogen-bond donors (Lipinski definition) is 0. The molecule has 5 aromatic rings. The summed E-state index contributed by atoms with van der Waals surface area (Å²) >= 11 is 10.8. The molecule has 0 aliphatic heterocycles. The first-order valence-electron chi connectivity index (χ1n) is 22.6. The molecule has 0 unspecified atom stereocenters. The molecule has 8 heteroatoms. The Morgan fingerprint density at radius 2 is 0.696 bits per heavy atom. The fourth-order valence-electron chi connectivity index (χ4n) is 10.7. The van der Waals surface area contributed by atoms with Crippen LogP contribution in [0.3, 0.4) is 0 Å². The predicted octanol–water partition coefficient (Wildman–Crippen LogP) is 17.2. The van der Waals surface area contributed by atoms with Crippen LogP contribution in [0.5, 0.6) is 0 Å².